The third-order valence-electron chi connectivity index (χ3n) is 3.28. The Morgan fingerprint density at radius 2 is 2.25 bits per heavy atom. The summed E-state index contributed by atoms with van der Waals surface area (Å²) in [6, 6.07) is 2.06. The van der Waals surface area contributed by atoms with Crippen LogP contribution >= 0.6 is 0 Å². The molecule has 0 aromatic carbocycles. The normalized spacial score (nSPS) is 17.4. The van der Waals surface area contributed by atoms with Crippen molar-refractivity contribution in [2.24, 2.45) is 11.1 Å². The summed E-state index contributed by atoms with van der Waals surface area (Å²) < 4.78 is 0. The molecular weight excluding hydrogens is 202 g/mol. The van der Waals surface area contributed by atoms with Gasteiger partial charge in [0.15, 0.2) is 0 Å². The van der Waals surface area contributed by atoms with Crippen LogP contribution in [-0.4, -0.2) is 24.6 Å². The lowest BCUT2D eigenvalue weighted by atomic mass is 9.96. The summed E-state index contributed by atoms with van der Waals surface area (Å²) in [5.41, 5.74) is 2.49. The highest BCUT2D eigenvalue weighted by Crippen LogP contribution is 2.25. The summed E-state index contributed by atoms with van der Waals surface area (Å²) in [7, 11) is 0. The first-order chi connectivity index (χ1) is 7.81. The second kappa shape index (κ2) is 5.05. The van der Waals surface area contributed by atoms with Crippen LogP contribution in [0.1, 0.15) is 18.4 Å². The predicted octanol–water partition coefficient (Wildman–Crippen LogP) is 2.37. The van der Waals surface area contributed by atoms with Crippen LogP contribution in [0, 0.1) is 17.7 Å². The van der Waals surface area contributed by atoms with Crippen molar-refractivity contribution in [1.29, 1.82) is 0 Å². The molecule has 16 heavy (non-hydrogen) atoms. The van der Waals surface area contributed by atoms with Crippen LogP contribution in [0.2, 0.25) is 0 Å². The average molecular weight is 219 g/mol. The molecule has 1 fully saturated rings. The Kier molecular flexibility index (Phi) is 3.49. The van der Waals surface area contributed by atoms with E-state index in [2.05, 4.69) is 28.1 Å². The quantitative estimate of drug-likeness (QED) is 0.733. The Balaban J connectivity index is 1.99. The van der Waals surface area contributed by atoms with Crippen molar-refractivity contribution in [3.63, 3.8) is 0 Å². The number of hydrogen-bond donors (Lipinski definition) is 0. The maximum absolute atomic E-state index is 10.2. The molecule has 4 heteroatoms. The zero-order valence-electron chi connectivity index (χ0n) is 9.59. The van der Waals surface area contributed by atoms with E-state index in [1.807, 2.05) is 12.4 Å². The molecule has 0 aliphatic carbocycles. The molecule has 0 atom stereocenters. The SMILES string of the molecule is Cc1cnccc1N1CCC(CN=O)CC1. The van der Waals surface area contributed by atoms with Crippen LogP contribution in [0.3, 0.4) is 0 Å². The standard InChI is InChI=1S/C12H17N3O/c1-10-8-13-5-2-12(10)15-6-3-11(4-7-15)9-14-16/h2,5,8,11H,3-4,6-7,9H2,1H3. The van der Waals surface area contributed by atoms with Crippen molar-refractivity contribution in [2.75, 3.05) is 24.5 Å². The van der Waals surface area contributed by atoms with Gasteiger partial charge in [-0.15, -0.1) is 0 Å². The van der Waals surface area contributed by atoms with Crippen LogP contribution in [-0.2, 0) is 0 Å². The minimum absolute atomic E-state index is 0.475. The van der Waals surface area contributed by atoms with Crippen molar-refractivity contribution in [3.05, 3.63) is 28.9 Å². The van der Waals surface area contributed by atoms with Gasteiger partial charge in [0.2, 0.25) is 0 Å². The lowest BCUT2D eigenvalue weighted by molar-refractivity contribution is 0.414. The molecular formula is C12H17N3O. The summed E-state index contributed by atoms with van der Waals surface area (Å²) in [4.78, 5) is 16.7. The molecule has 0 spiro atoms. The Labute approximate surface area is 95.7 Å². The fourth-order valence-corrected chi connectivity index (χ4v) is 2.28. The van der Waals surface area contributed by atoms with E-state index in [-0.39, 0.29) is 0 Å². The summed E-state index contributed by atoms with van der Waals surface area (Å²) in [5, 5.41) is 3.00. The van der Waals surface area contributed by atoms with E-state index in [1.54, 1.807) is 0 Å². The van der Waals surface area contributed by atoms with Gasteiger partial charge in [-0.2, -0.15) is 4.91 Å². The van der Waals surface area contributed by atoms with Crippen LogP contribution in [0.25, 0.3) is 0 Å². The van der Waals surface area contributed by atoms with Gasteiger partial charge in [0.25, 0.3) is 0 Å². The molecule has 2 heterocycles. The number of nitrogens with zero attached hydrogens (tertiary/aromatic N) is 3. The van der Waals surface area contributed by atoms with E-state index in [1.165, 1.54) is 11.3 Å². The van der Waals surface area contributed by atoms with Gasteiger partial charge in [-0.1, -0.05) is 5.18 Å². The molecule has 1 aromatic heterocycles. The molecule has 1 aliphatic heterocycles. The molecule has 1 saturated heterocycles. The Morgan fingerprint density at radius 3 is 2.88 bits per heavy atom. The van der Waals surface area contributed by atoms with Crippen molar-refractivity contribution in [1.82, 2.24) is 4.98 Å². The lowest BCUT2D eigenvalue weighted by Crippen LogP contribution is -2.34. The van der Waals surface area contributed by atoms with Crippen LogP contribution in [0.5, 0.6) is 0 Å². The zero-order valence-corrected chi connectivity index (χ0v) is 9.59. The number of nitroso groups, excluding NO2 is 1. The van der Waals surface area contributed by atoms with Crippen LogP contribution in [0.4, 0.5) is 5.69 Å². The van der Waals surface area contributed by atoms with Crippen LogP contribution < -0.4 is 4.90 Å². The Bertz CT molecular complexity index is 359. The van der Waals surface area contributed by atoms with E-state index < -0.39 is 0 Å². The van der Waals surface area contributed by atoms with E-state index in [4.69, 9.17) is 0 Å². The fraction of sp³-hybridized carbons (Fsp3) is 0.583. The van der Waals surface area contributed by atoms with E-state index >= 15 is 0 Å². The van der Waals surface area contributed by atoms with Crippen molar-refractivity contribution >= 4 is 5.69 Å². The van der Waals surface area contributed by atoms with Gasteiger partial charge in [0.1, 0.15) is 0 Å². The minimum Gasteiger partial charge on any atom is -0.371 e. The Morgan fingerprint density at radius 1 is 1.50 bits per heavy atom. The molecule has 1 aromatic rings. The first-order valence-electron chi connectivity index (χ1n) is 5.76. The average Bonchev–Trinajstić information content (AvgIpc) is 2.31. The number of pyridine rings is 1. The third kappa shape index (κ3) is 2.38. The number of hydrogen-bond acceptors (Lipinski definition) is 4. The molecule has 0 unspecified atom stereocenters. The first-order valence-corrected chi connectivity index (χ1v) is 5.76. The molecule has 0 N–H and O–H groups in total. The lowest BCUT2D eigenvalue weighted by Gasteiger charge is -2.33. The monoisotopic (exact) mass is 219 g/mol. The second-order valence-electron chi connectivity index (χ2n) is 4.40. The van der Waals surface area contributed by atoms with Gasteiger partial charge >= 0.3 is 0 Å². The third-order valence-corrected chi connectivity index (χ3v) is 3.28. The molecule has 1 aliphatic rings. The summed E-state index contributed by atoms with van der Waals surface area (Å²) in [6.07, 6.45) is 5.86. The number of rotatable bonds is 3. The van der Waals surface area contributed by atoms with Gasteiger partial charge in [-0.3, -0.25) is 4.98 Å². The maximum atomic E-state index is 10.2. The number of aromatic nitrogens is 1. The van der Waals surface area contributed by atoms with Gasteiger partial charge in [-0.05, 0) is 37.3 Å². The number of aryl methyl sites for hydroxylation is 1. The largest absolute Gasteiger partial charge is 0.371 e. The summed E-state index contributed by atoms with van der Waals surface area (Å²) in [6.45, 7) is 4.60. The Hall–Kier alpha value is -1.45. The predicted molar refractivity (Wildman–Crippen MR) is 64.6 cm³/mol. The summed E-state index contributed by atoms with van der Waals surface area (Å²) in [5.74, 6) is 0.482. The van der Waals surface area contributed by atoms with E-state index in [9.17, 15) is 4.91 Å². The topological polar surface area (TPSA) is 45.6 Å². The van der Waals surface area contributed by atoms with Crippen molar-refractivity contribution in [3.8, 4) is 0 Å². The van der Waals surface area contributed by atoms with Crippen molar-refractivity contribution in [2.45, 2.75) is 19.8 Å². The maximum Gasteiger partial charge on any atom is 0.0840 e. The molecule has 0 saturated carbocycles. The van der Waals surface area contributed by atoms with Gasteiger partial charge in [-0.25, -0.2) is 0 Å². The highest BCUT2D eigenvalue weighted by Gasteiger charge is 2.20. The molecule has 4 nitrogen and oxygen atoms in total. The molecule has 0 radical (unpaired) electrons. The van der Waals surface area contributed by atoms with Gasteiger partial charge < -0.3 is 4.90 Å². The number of piperidine rings is 1. The second-order valence-corrected chi connectivity index (χ2v) is 4.40. The zero-order chi connectivity index (χ0) is 11.4. The summed E-state index contributed by atoms with van der Waals surface area (Å²) >= 11 is 0. The van der Waals surface area contributed by atoms with Gasteiger partial charge in [0.05, 0.1) is 6.54 Å². The fourth-order valence-electron chi connectivity index (χ4n) is 2.28. The molecule has 0 amide bonds. The number of anilines is 1. The first kappa shape index (κ1) is 11.0. The van der Waals surface area contributed by atoms with Crippen molar-refractivity contribution < 1.29 is 0 Å². The molecule has 2 rings (SSSR count). The van der Waals surface area contributed by atoms with Gasteiger partial charge in [0, 0.05) is 31.2 Å². The highest BCUT2D eigenvalue weighted by atomic mass is 16.3. The minimum atomic E-state index is 0.475. The van der Waals surface area contributed by atoms with E-state index in [0.717, 1.165) is 25.9 Å². The smallest absolute Gasteiger partial charge is 0.0840 e. The van der Waals surface area contributed by atoms with Crippen LogP contribution in [0.15, 0.2) is 23.6 Å². The molecule has 0 bridgehead atoms. The van der Waals surface area contributed by atoms with E-state index in [0.29, 0.717) is 12.5 Å². The molecule has 86 valence electrons. The highest BCUT2D eigenvalue weighted by molar-refractivity contribution is 5.51.